The summed E-state index contributed by atoms with van der Waals surface area (Å²) in [6.45, 7) is 0. The maximum atomic E-state index is 13.4. The highest BCUT2D eigenvalue weighted by atomic mass is 32.1. The van der Waals surface area contributed by atoms with Crippen molar-refractivity contribution in [2.24, 2.45) is 5.10 Å². The summed E-state index contributed by atoms with van der Waals surface area (Å²) in [4.78, 5) is 18.0. The molecule has 0 unspecified atom stereocenters. The molecule has 4 rings (SSSR count). The first-order valence-electron chi connectivity index (χ1n) is 9.72. The van der Waals surface area contributed by atoms with Gasteiger partial charge in [0.1, 0.15) is 17.2 Å². The second-order valence-corrected chi connectivity index (χ2v) is 7.70. The SMILES string of the molecule is COc1ccc(/C=N/N(C(=O)c2ccc(OC)cc2)c2nc3ccc(OC)cc3s2)cc1. The summed E-state index contributed by atoms with van der Waals surface area (Å²) < 4.78 is 16.6. The lowest BCUT2D eigenvalue weighted by molar-refractivity contribution is 0.0988. The number of fused-ring (bicyclic) bond motifs is 1. The molecule has 4 aromatic rings. The molecule has 162 valence electrons. The summed E-state index contributed by atoms with van der Waals surface area (Å²) >= 11 is 1.36. The van der Waals surface area contributed by atoms with Crippen LogP contribution in [-0.2, 0) is 0 Å². The first-order chi connectivity index (χ1) is 15.6. The minimum Gasteiger partial charge on any atom is -0.497 e. The fourth-order valence-electron chi connectivity index (χ4n) is 2.97. The predicted octanol–water partition coefficient (Wildman–Crippen LogP) is 5.00. The molecule has 0 aliphatic carbocycles. The molecule has 3 aromatic carbocycles. The molecule has 7 nitrogen and oxygen atoms in total. The van der Waals surface area contributed by atoms with E-state index in [4.69, 9.17) is 14.2 Å². The van der Waals surface area contributed by atoms with Crippen molar-refractivity contribution >= 4 is 38.8 Å². The van der Waals surface area contributed by atoms with Crippen LogP contribution >= 0.6 is 11.3 Å². The number of amides is 1. The van der Waals surface area contributed by atoms with E-state index in [1.807, 2.05) is 42.5 Å². The molecule has 0 fully saturated rings. The van der Waals surface area contributed by atoms with Crippen LogP contribution in [0.1, 0.15) is 15.9 Å². The molecule has 1 aromatic heterocycles. The van der Waals surface area contributed by atoms with Crippen molar-refractivity contribution < 1.29 is 19.0 Å². The van der Waals surface area contributed by atoms with Gasteiger partial charge in [-0.1, -0.05) is 11.3 Å². The molecule has 0 saturated heterocycles. The summed E-state index contributed by atoms with van der Waals surface area (Å²) in [5.74, 6) is 1.83. The molecule has 0 N–H and O–H groups in total. The number of methoxy groups -OCH3 is 3. The average Bonchev–Trinajstić information content (AvgIpc) is 3.27. The number of ether oxygens (including phenoxy) is 3. The molecule has 0 spiro atoms. The zero-order chi connectivity index (χ0) is 22.5. The number of nitrogens with zero attached hydrogens (tertiary/aromatic N) is 3. The number of anilines is 1. The van der Waals surface area contributed by atoms with Gasteiger partial charge in [-0.05, 0) is 72.3 Å². The van der Waals surface area contributed by atoms with Crippen LogP contribution in [0.15, 0.2) is 71.8 Å². The van der Waals surface area contributed by atoms with Gasteiger partial charge in [-0.25, -0.2) is 4.98 Å². The molecular formula is C24H21N3O4S. The number of hydrazone groups is 1. The number of carbonyl (C=O) groups is 1. The van der Waals surface area contributed by atoms with E-state index < -0.39 is 0 Å². The standard InChI is InChI=1S/C24H21N3O4S/c1-29-18-8-4-16(5-9-18)15-25-27(23(28)17-6-10-19(30-2)11-7-17)24-26-21-13-12-20(31-3)14-22(21)32-24/h4-15H,1-3H3/b25-15+. The molecule has 0 aliphatic heterocycles. The lowest BCUT2D eigenvalue weighted by Crippen LogP contribution is -2.25. The highest BCUT2D eigenvalue weighted by Crippen LogP contribution is 2.32. The van der Waals surface area contributed by atoms with E-state index >= 15 is 0 Å². The van der Waals surface area contributed by atoms with E-state index in [2.05, 4.69) is 10.1 Å². The third kappa shape index (κ3) is 4.55. The molecule has 1 heterocycles. The molecule has 32 heavy (non-hydrogen) atoms. The van der Waals surface area contributed by atoms with Gasteiger partial charge in [0.25, 0.3) is 5.91 Å². The molecule has 0 radical (unpaired) electrons. The van der Waals surface area contributed by atoms with Crippen LogP contribution in [0.2, 0.25) is 0 Å². The van der Waals surface area contributed by atoms with Crippen LogP contribution in [0.25, 0.3) is 10.2 Å². The van der Waals surface area contributed by atoms with E-state index in [9.17, 15) is 4.79 Å². The van der Waals surface area contributed by atoms with E-state index in [0.717, 1.165) is 27.3 Å². The van der Waals surface area contributed by atoms with Gasteiger partial charge in [-0.2, -0.15) is 10.1 Å². The number of rotatable bonds is 7. The number of aromatic nitrogens is 1. The fourth-order valence-corrected chi connectivity index (χ4v) is 3.92. The van der Waals surface area contributed by atoms with Gasteiger partial charge in [0, 0.05) is 5.56 Å². The highest BCUT2D eigenvalue weighted by Gasteiger charge is 2.21. The quantitative estimate of drug-likeness (QED) is 0.294. The van der Waals surface area contributed by atoms with Crippen LogP contribution < -0.4 is 19.2 Å². The second-order valence-electron chi connectivity index (χ2n) is 6.69. The fraction of sp³-hybridized carbons (Fsp3) is 0.125. The van der Waals surface area contributed by atoms with Crippen LogP contribution in [0.5, 0.6) is 17.2 Å². The van der Waals surface area contributed by atoms with Crippen LogP contribution in [0, 0.1) is 0 Å². The topological polar surface area (TPSA) is 73.2 Å². The minimum absolute atomic E-state index is 0.302. The van der Waals surface area contributed by atoms with Crippen molar-refractivity contribution in [3.63, 3.8) is 0 Å². The molecule has 0 atom stereocenters. The summed E-state index contributed by atoms with van der Waals surface area (Å²) in [5.41, 5.74) is 2.05. The maximum absolute atomic E-state index is 13.4. The van der Waals surface area contributed by atoms with Crippen LogP contribution in [0.3, 0.4) is 0 Å². The van der Waals surface area contributed by atoms with Gasteiger partial charge >= 0.3 is 0 Å². The van der Waals surface area contributed by atoms with Crippen molar-refractivity contribution in [3.8, 4) is 17.2 Å². The third-order valence-electron chi connectivity index (χ3n) is 4.73. The van der Waals surface area contributed by atoms with Gasteiger partial charge in [-0.3, -0.25) is 4.79 Å². The predicted molar refractivity (Wildman–Crippen MR) is 127 cm³/mol. The molecule has 1 amide bonds. The van der Waals surface area contributed by atoms with E-state index in [1.54, 1.807) is 51.8 Å². The number of carbonyl (C=O) groups excluding carboxylic acids is 1. The van der Waals surface area contributed by atoms with Crippen molar-refractivity contribution in [1.82, 2.24) is 4.98 Å². The van der Waals surface area contributed by atoms with Gasteiger partial charge in [0.2, 0.25) is 5.13 Å². The first kappa shape index (κ1) is 21.3. The minimum atomic E-state index is -0.302. The molecular weight excluding hydrogens is 426 g/mol. The summed E-state index contributed by atoms with van der Waals surface area (Å²) in [7, 11) is 4.81. The Morgan fingerprint density at radius 3 is 2.09 bits per heavy atom. The van der Waals surface area contributed by atoms with Crippen molar-refractivity contribution in [1.29, 1.82) is 0 Å². The van der Waals surface area contributed by atoms with E-state index in [1.165, 1.54) is 16.3 Å². The second kappa shape index (κ2) is 9.49. The number of hydrogen-bond acceptors (Lipinski definition) is 7. The molecule has 0 bridgehead atoms. The van der Waals surface area contributed by atoms with E-state index in [-0.39, 0.29) is 5.91 Å². The van der Waals surface area contributed by atoms with Crippen molar-refractivity contribution in [2.75, 3.05) is 26.3 Å². The Morgan fingerprint density at radius 2 is 1.47 bits per heavy atom. The zero-order valence-electron chi connectivity index (χ0n) is 17.8. The molecule has 0 aliphatic rings. The number of hydrogen-bond donors (Lipinski definition) is 0. The Labute approximate surface area is 189 Å². The van der Waals surface area contributed by atoms with Gasteiger partial charge < -0.3 is 14.2 Å². The zero-order valence-corrected chi connectivity index (χ0v) is 18.6. The highest BCUT2D eigenvalue weighted by molar-refractivity contribution is 7.22. The van der Waals surface area contributed by atoms with Crippen LogP contribution in [0.4, 0.5) is 5.13 Å². The van der Waals surface area contributed by atoms with Gasteiger partial charge in [0.15, 0.2) is 0 Å². The van der Waals surface area contributed by atoms with Crippen molar-refractivity contribution in [3.05, 3.63) is 77.9 Å². The normalized spacial score (nSPS) is 11.0. The maximum Gasteiger partial charge on any atom is 0.280 e. The third-order valence-corrected chi connectivity index (χ3v) is 5.73. The molecule has 8 heteroatoms. The van der Waals surface area contributed by atoms with Gasteiger partial charge in [0.05, 0.1) is 37.8 Å². The average molecular weight is 448 g/mol. The largest absolute Gasteiger partial charge is 0.497 e. The lowest BCUT2D eigenvalue weighted by atomic mass is 10.2. The Kier molecular flexibility index (Phi) is 6.32. The summed E-state index contributed by atoms with van der Waals surface area (Å²) in [6.07, 6.45) is 1.62. The summed E-state index contributed by atoms with van der Waals surface area (Å²) in [6, 6.07) is 19.9. The Morgan fingerprint density at radius 1 is 0.875 bits per heavy atom. The first-order valence-corrected chi connectivity index (χ1v) is 10.5. The summed E-state index contributed by atoms with van der Waals surface area (Å²) in [5, 5.41) is 6.25. The molecule has 0 saturated carbocycles. The van der Waals surface area contributed by atoms with Gasteiger partial charge in [-0.15, -0.1) is 0 Å². The monoisotopic (exact) mass is 447 g/mol. The Hall–Kier alpha value is -3.91. The van der Waals surface area contributed by atoms with E-state index in [0.29, 0.717) is 16.4 Å². The van der Waals surface area contributed by atoms with Crippen LogP contribution in [-0.4, -0.2) is 38.4 Å². The Bertz CT molecular complexity index is 1250. The number of benzene rings is 3. The smallest absolute Gasteiger partial charge is 0.280 e. The lowest BCUT2D eigenvalue weighted by Gasteiger charge is -2.14. The Balaban J connectivity index is 1.72. The number of thiazole rings is 1. The van der Waals surface area contributed by atoms with Crippen molar-refractivity contribution in [2.45, 2.75) is 0 Å².